The summed E-state index contributed by atoms with van der Waals surface area (Å²) < 4.78 is 11.8. The van der Waals surface area contributed by atoms with Crippen LogP contribution in [0.15, 0.2) is 18.2 Å². The number of carbonyl (C=O) groups is 1. The molecule has 92 valence electrons. The molecule has 0 spiro atoms. The molecule has 0 bridgehead atoms. The van der Waals surface area contributed by atoms with Crippen molar-refractivity contribution in [2.24, 2.45) is 5.92 Å². The number of hydrogen-bond donors (Lipinski definition) is 1. The predicted octanol–water partition coefficient (Wildman–Crippen LogP) is 2.40. The fraction of sp³-hybridized carbons (Fsp3) is 0.417. The van der Waals surface area contributed by atoms with Gasteiger partial charge in [-0.25, -0.2) is 4.79 Å². The molecule has 1 aliphatic heterocycles. The van der Waals surface area contributed by atoms with Crippen molar-refractivity contribution in [2.75, 3.05) is 19.8 Å². The quantitative estimate of drug-likeness (QED) is 0.849. The van der Waals surface area contributed by atoms with Crippen molar-refractivity contribution in [1.82, 2.24) is 0 Å². The van der Waals surface area contributed by atoms with Crippen LogP contribution in [0.2, 0.25) is 0 Å². The van der Waals surface area contributed by atoms with Crippen molar-refractivity contribution in [3.8, 4) is 5.75 Å². The van der Waals surface area contributed by atoms with E-state index in [2.05, 4.69) is 22.6 Å². The van der Waals surface area contributed by atoms with Gasteiger partial charge < -0.3 is 14.6 Å². The second-order valence-electron chi connectivity index (χ2n) is 3.99. The summed E-state index contributed by atoms with van der Waals surface area (Å²) in [7, 11) is 0. The van der Waals surface area contributed by atoms with Gasteiger partial charge in [-0.3, -0.25) is 0 Å². The highest BCUT2D eigenvalue weighted by Gasteiger charge is 2.17. The lowest BCUT2D eigenvalue weighted by atomic mass is 10.1. The zero-order valence-corrected chi connectivity index (χ0v) is 11.3. The number of benzene rings is 1. The van der Waals surface area contributed by atoms with E-state index in [4.69, 9.17) is 14.6 Å². The average Bonchev–Trinajstić information content (AvgIpc) is 2.80. The Morgan fingerprint density at radius 2 is 2.41 bits per heavy atom. The van der Waals surface area contributed by atoms with Gasteiger partial charge in [-0.05, 0) is 47.2 Å². The van der Waals surface area contributed by atoms with Crippen LogP contribution in [0.25, 0.3) is 0 Å². The molecule has 5 heteroatoms. The maximum Gasteiger partial charge on any atom is 0.335 e. The maximum atomic E-state index is 10.8. The van der Waals surface area contributed by atoms with Crippen LogP contribution in [0, 0.1) is 9.49 Å². The second kappa shape index (κ2) is 5.68. The molecule has 4 nitrogen and oxygen atoms in total. The van der Waals surface area contributed by atoms with E-state index < -0.39 is 5.97 Å². The third-order valence-corrected chi connectivity index (χ3v) is 3.57. The fourth-order valence-electron chi connectivity index (χ4n) is 1.67. The van der Waals surface area contributed by atoms with Crippen LogP contribution in [-0.2, 0) is 4.74 Å². The Balaban J connectivity index is 2.03. The predicted molar refractivity (Wildman–Crippen MR) is 70.5 cm³/mol. The SMILES string of the molecule is O=C(O)c1ccc(I)c(OCC2CCOC2)c1. The van der Waals surface area contributed by atoms with E-state index in [1.807, 2.05) is 0 Å². The molecule has 1 atom stereocenters. The highest BCUT2D eigenvalue weighted by molar-refractivity contribution is 14.1. The Kier molecular flexibility index (Phi) is 4.22. The van der Waals surface area contributed by atoms with Gasteiger partial charge in [0.1, 0.15) is 5.75 Å². The number of carboxylic acid groups (broad SMARTS) is 1. The zero-order valence-electron chi connectivity index (χ0n) is 9.19. The fourth-order valence-corrected chi connectivity index (χ4v) is 2.16. The Labute approximate surface area is 113 Å². The molecule has 1 unspecified atom stereocenters. The molecular weight excluding hydrogens is 335 g/mol. The molecule has 17 heavy (non-hydrogen) atoms. The third-order valence-electron chi connectivity index (χ3n) is 2.68. The summed E-state index contributed by atoms with van der Waals surface area (Å²) in [5.41, 5.74) is 0.253. The van der Waals surface area contributed by atoms with Gasteiger partial charge in [0.05, 0.1) is 22.3 Å². The van der Waals surface area contributed by atoms with Crippen molar-refractivity contribution in [3.63, 3.8) is 0 Å². The summed E-state index contributed by atoms with van der Waals surface area (Å²) in [5, 5.41) is 8.90. The van der Waals surface area contributed by atoms with E-state index in [1.165, 1.54) is 0 Å². The average molecular weight is 348 g/mol. The van der Waals surface area contributed by atoms with Crippen LogP contribution in [0.5, 0.6) is 5.75 Å². The van der Waals surface area contributed by atoms with Crippen molar-refractivity contribution in [1.29, 1.82) is 0 Å². The number of rotatable bonds is 4. The molecule has 0 aromatic heterocycles. The highest BCUT2D eigenvalue weighted by Crippen LogP contribution is 2.24. The minimum absolute atomic E-state index is 0.253. The van der Waals surface area contributed by atoms with E-state index in [9.17, 15) is 4.79 Å². The van der Waals surface area contributed by atoms with Crippen LogP contribution in [0.4, 0.5) is 0 Å². The molecular formula is C12H13IO4. The number of carboxylic acids is 1. The van der Waals surface area contributed by atoms with E-state index in [0.29, 0.717) is 18.3 Å². The normalized spacial score (nSPS) is 19.2. The van der Waals surface area contributed by atoms with Crippen LogP contribution < -0.4 is 4.74 Å². The standard InChI is InChI=1S/C12H13IO4/c13-10-2-1-9(12(14)15)5-11(10)17-7-8-3-4-16-6-8/h1-2,5,8H,3-4,6-7H2,(H,14,15). The molecule has 0 amide bonds. The van der Waals surface area contributed by atoms with Crippen molar-refractivity contribution in [3.05, 3.63) is 27.3 Å². The summed E-state index contributed by atoms with van der Waals surface area (Å²) in [6.45, 7) is 2.11. The first-order valence-corrected chi connectivity index (χ1v) is 6.48. The first-order chi connectivity index (χ1) is 8.16. The maximum absolute atomic E-state index is 10.8. The lowest BCUT2D eigenvalue weighted by Gasteiger charge is -2.12. The minimum Gasteiger partial charge on any atom is -0.492 e. The molecule has 1 aromatic rings. The van der Waals surface area contributed by atoms with Crippen molar-refractivity contribution in [2.45, 2.75) is 6.42 Å². The summed E-state index contributed by atoms with van der Waals surface area (Å²) in [4.78, 5) is 10.8. The number of hydrogen-bond acceptors (Lipinski definition) is 3. The van der Waals surface area contributed by atoms with Crippen LogP contribution in [0.3, 0.4) is 0 Å². The van der Waals surface area contributed by atoms with E-state index >= 15 is 0 Å². The molecule has 0 radical (unpaired) electrons. The van der Waals surface area contributed by atoms with E-state index in [0.717, 1.165) is 23.2 Å². The first-order valence-electron chi connectivity index (χ1n) is 5.40. The van der Waals surface area contributed by atoms with Gasteiger partial charge >= 0.3 is 5.97 Å². The van der Waals surface area contributed by atoms with Crippen molar-refractivity contribution >= 4 is 28.6 Å². The Bertz CT molecular complexity index is 413. The summed E-state index contributed by atoms with van der Waals surface area (Å²) in [6, 6.07) is 4.90. The molecule has 0 aliphatic carbocycles. The zero-order chi connectivity index (χ0) is 12.3. The lowest BCUT2D eigenvalue weighted by Crippen LogP contribution is -2.12. The molecule has 1 N–H and O–H groups in total. The first kappa shape index (κ1) is 12.6. The molecule has 0 saturated carbocycles. The van der Waals surface area contributed by atoms with Gasteiger partial charge in [0.15, 0.2) is 0 Å². The van der Waals surface area contributed by atoms with Crippen LogP contribution in [-0.4, -0.2) is 30.9 Å². The van der Waals surface area contributed by atoms with Gasteiger partial charge in [0, 0.05) is 12.5 Å². The molecule has 2 rings (SSSR count). The second-order valence-corrected chi connectivity index (χ2v) is 5.15. The molecule has 1 saturated heterocycles. The van der Waals surface area contributed by atoms with Gasteiger partial charge in [-0.1, -0.05) is 0 Å². The molecule has 1 heterocycles. The largest absolute Gasteiger partial charge is 0.492 e. The van der Waals surface area contributed by atoms with Gasteiger partial charge in [-0.15, -0.1) is 0 Å². The Morgan fingerprint density at radius 1 is 1.59 bits per heavy atom. The van der Waals surface area contributed by atoms with Gasteiger partial charge in [0.2, 0.25) is 0 Å². The monoisotopic (exact) mass is 348 g/mol. The number of halogens is 1. The highest BCUT2D eigenvalue weighted by atomic mass is 127. The lowest BCUT2D eigenvalue weighted by molar-refractivity contribution is 0.0696. The Morgan fingerprint density at radius 3 is 3.06 bits per heavy atom. The molecule has 1 aromatic carbocycles. The summed E-state index contributed by atoms with van der Waals surface area (Å²) >= 11 is 2.14. The number of ether oxygens (including phenoxy) is 2. The van der Waals surface area contributed by atoms with E-state index in [1.54, 1.807) is 18.2 Å². The minimum atomic E-state index is -0.935. The summed E-state index contributed by atoms with van der Waals surface area (Å²) in [6.07, 6.45) is 1.01. The third kappa shape index (κ3) is 3.32. The Hall–Kier alpha value is -0.820. The number of aromatic carboxylic acids is 1. The van der Waals surface area contributed by atoms with Gasteiger partial charge in [0.25, 0.3) is 0 Å². The topological polar surface area (TPSA) is 55.8 Å². The van der Waals surface area contributed by atoms with E-state index in [-0.39, 0.29) is 5.56 Å². The van der Waals surface area contributed by atoms with Gasteiger partial charge in [-0.2, -0.15) is 0 Å². The molecule has 1 aliphatic rings. The van der Waals surface area contributed by atoms with Crippen molar-refractivity contribution < 1.29 is 19.4 Å². The van der Waals surface area contributed by atoms with Crippen LogP contribution >= 0.6 is 22.6 Å². The smallest absolute Gasteiger partial charge is 0.335 e. The van der Waals surface area contributed by atoms with Crippen LogP contribution in [0.1, 0.15) is 16.8 Å². The molecule has 1 fully saturated rings. The summed E-state index contributed by atoms with van der Waals surface area (Å²) in [5.74, 6) is 0.118.